The molecule has 5 rings (SSSR count). The molecule has 2 aliphatic rings. The predicted molar refractivity (Wildman–Crippen MR) is 140 cm³/mol. The van der Waals surface area contributed by atoms with Crippen LogP contribution in [0.1, 0.15) is 56.5 Å². The Morgan fingerprint density at radius 1 is 1.24 bits per heavy atom. The number of ether oxygens (including phenoxy) is 1. The number of hydrogen-bond acceptors (Lipinski definition) is 5. The van der Waals surface area contributed by atoms with Crippen LogP contribution >= 0.6 is 15.9 Å². The number of hydrogen-bond donors (Lipinski definition) is 1. The maximum absolute atomic E-state index is 13.2. The minimum Gasteiger partial charge on any atom is -0.496 e. The fourth-order valence-corrected chi connectivity index (χ4v) is 6.71. The Kier molecular flexibility index (Phi) is 6.01. The van der Waals surface area contributed by atoms with Crippen molar-refractivity contribution in [2.75, 3.05) is 25.1 Å². The lowest BCUT2D eigenvalue weighted by molar-refractivity contribution is 0.177. The second-order valence-corrected chi connectivity index (χ2v) is 13.2. The molecule has 0 amide bonds. The Morgan fingerprint density at radius 3 is 2.65 bits per heavy atom. The molecule has 1 fully saturated rings. The number of fused-ring (bicyclic) bond motifs is 2. The van der Waals surface area contributed by atoms with Crippen LogP contribution < -0.4 is 14.4 Å². The number of anilines is 1. The van der Waals surface area contributed by atoms with Crippen LogP contribution in [-0.4, -0.2) is 43.8 Å². The second kappa shape index (κ2) is 8.60. The fourth-order valence-electron chi connectivity index (χ4n) is 5.40. The van der Waals surface area contributed by atoms with E-state index < -0.39 is 11.0 Å². The average molecular weight is 547 g/mol. The summed E-state index contributed by atoms with van der Waals surface area (Å²) in [6, 6.07) is 8.30. The number of halogens is 1. The highest BCUT2D eigenvalue weighted by atomic mass is 79.9. The van der Waals surface area contributed by atoms with Crippen molar-refractivity contribution in [1.82, 2.24) is 19.3 Å². The number of piperidine rings is 1. The zero-order valence-electron chi connectivity index (χ0n) is 20.4. The van der Waals surface area contributed by atoms with Gasteiger partial charge in [0.15, 0.2) is 5.82 Å². The van der Waals surface area contributed by atoms with Gasteiger partial charge in [0.1, 0.15) is 15.9 Å². The molecule has 2 aromatic heterocycles. The summed E-state index contributed by atoms with van der Waals surface area (Å²) < 4.78 is 25.0. The third kappa shape index (κ3) is 3.85. The molecule has 0 saturated carbocycles. The van der Waals surface area contributed by atoms with Gasteiger partial charge in [-0.05, 0) is 91.6 Å². The zero-order chi connectivity index (χ0) is 24.3. The predicted octanol–water partition coefficient (Wildman–Crippen LogP) is 4.74. The van der Waals surface area contributed by atoms with E-state index in [1.165, 1.54) is 11.1 Å². The van der Waals surface area contributed by atoms with E-state index in [2.05, 4.69) is 36.7 Å². The first kappa shape index (κ1) is 23.8. The van der Waals surface area contributed by atoms with Gasteiger partial charge in [-0.1, -0.05) is 12.1 Å². The minimum absolute atomic E-state index is 0.0185. The van der Waals surface area contributed by atoms with Gasteiger partial charge in [0.05, 0.1) is 40.8 Å². The number of nitrogens with one attached hydrogen (secondary N) is 1. The van der Waals surface area contributed by atoms with Gasteiger partial charge in [-0.3, -0.25) is 0 Å². The first-order valence-corrected chi connectivity index (χ1v) is 13.7. The van der Waals surface area contributed by atoms with Gasteiger partial charge in [-0.2, -0.15) is 5.10 Å². The van der Waals surface area contributed by atoms with E-state index in [0.717, 1.165) is 59.7 Å². The first-order valence-electron chi connectivity index (χ1n) is 11.7. The smallest absolute Gasteiger partial charge is 0.155 e. The highest BCUT2D eigenvalue weighted by molar-refractivity contribution is 9.10. The standard InChI is InChI=1S/C25H32BrN5O2S/c1-16-22(26)31-19(9-12-27-31)23(28-16)30-13-10-25(11-14-30)15-18-17(7-6-8-20(18)33-5)21(25)29-34(32)24(2,3)4/h6-9,12,21,29H,10-11,13-15H2,1-5H3/t21-,34?/m1/s1. The summed E-state index contributed by atoms with van der Waals surface area (Å²) in [6.45, 7) is 9.82. The fraction of sp³-hybridized carbons (Fsp3) is 0.520. The van der Waals surface area contributed by atoms with Gasteiger partial charge in [0.2, 0.25) is 0 Å². The van der Waals surface area contributed by atoms with E-state index in [-0.39, 0.29) is 16.2 Å². The Bertz CT molecular complexity index is 1260. The molecule has 9 heteroatoms. The average Bonchev–Trinajstić information content (AvgIpc) is 3.40. The summed E-state index contributed by atoms with van der Waals surface area (Å²) >= 11 is 3.61. The third-order valence-electron chi connectivity index (χ3n) is 7.31. The van der Waals surface area contributed by atoms with Crippen LogP contribution in [0.25, 0.3) is 5.52 Å². The molecule has 182 valence electrons. The molecule has 1 aliphatic carbocycles. The van der Waals surface area contributed by atoms with Gasteiger partial charge in [0, 0.05) is 13.1 Å². The molecule has 1 N–H and O–H groups in total. The van der Waals surface area contributed by atoms with Crippen molar-refractivity contribution in [1.29, 1.82) is 0 Å². The van der Waals surface area contributed by atoms with Gasteiger partial charge in [-0.25, -0.2) is 18.4 Å². The SMILES string of the molecule is COc1cccc2c1CC1(CCN(c3nc(C)c(Br)n4nccc34)CC1)[C@@H]2NS(=O)C(C)(C)C. The molecular weight excluding hydrogens is 514 g/mol. The van der Waals surface area contributed by atoms with Gasteiger partial charge < -0.3 is 9.64 Å². The molecule has 0 radical (unpaired) electrons. The van der Waals surface area contributed by atoms with Crippen molar-refractivity contribution in [3.63, 3.8) is 0 Å². The van der Waals surface area contributed by atoms with Crippen molar-refractivity contribution in [3.05, 3.63) is 51.9 Å². The number of nitrogens with zero attached hydrogens (tertiary/aromatic N) is 4. The lowest BCUT2D eigenvalue weighted by Gasteiger charge is -2.44. The highest BCUT2D eigenvalue weighted by Crippen LogP contribution is 2.54. The Balaban J connectivity index is 1.47. The first-order chi connectivity index (χ1) is 16.1. The number of rotatable bonds is 4. The van der Waals surface area contributed by atoms with Gasteiger partial charge >= 0.3 is 0 Å². The molecule has 2 atom stereocenters. The number of aryl methyl sites for hydroxylation is 1. The van der Waals surface area contributed by atoms with E-state index in [0.29, 0.717) is 0 Å². The van der Waals surface area contributed by atoms with Crippen LogP contribution in [0.4, 0.5) is 5.82 Å². The van der Waals surface area contributed by atoms with E-state index in [4.69, 9.17) is 9.72 Å². The molecule has 1 unspecified atom stereocenters. The summed E-state index contributed by atoms with van der Waals surface area (Å²) in [5, 5.41) is 4.46. The highest BCUT2D eigenvalue weighted by Gasteiger charge is 2.50. The largest absolute Gasteiger partial charge is 0.496 e. The number of aromatic nitrogens is 3. The zero-order valence-corrected chi connectivity index (χ0v) is 22.8. The van der Waals surface area contributed by atoms with Gasteiger partial charge in [-0.15, -0.1) is 0 Å². The second-order valence-electron chi connectivity index (χ2n) is 10.4. The van der Waals surface area contributed by atoms with Crippen LogP contribution in [0, 0.1) is 12.3 Å². The molecule has 3 aromatic rings. The van der Waals surface area contributed by atoms with Gasteiger partial charge in [0.25, 0.3) is 0 Å². The van der Waals surface area contributed by atoms with Crippen molar-refractivity contribution < 1.29 is 8.95 Å². The molecule has 1 aromatic carbocycles. The molecule has 3 heterocycles. The summed E-state index contributed by atoms with van der Waals surface area (Å²) in [5.41, 5.74) is 4.38. The Hall–Kier alpha value is -1.97. The molecule has 1 saturated heterocycles. The van der Waals surface area contributed by atoms with E-state index >= 15 is 0 Å². The summed E-state index contributed by atoms with van der Waals surface area (Å²) in [7, 11) is 0.566. The molecule has 7 nitrogen and oxygen atoms in total. The molecule has 1 spiro atoms. The van der Waals surface area contributed by atoms with E-state index in [9.17, 15) is 4.21 Å². The van der Waals surface area contributed by atoms with Crippen LogP contribution in [-0.2, 0) is 17.4 Å². The molecule has 1 aliphatic heterocycles. The van der Waals surface area contributed by atoms with Crippen LogP contribution in [0.3, 0.4) is 0 Å². The Labute approximate surface area is 212 Å². The third-order valence-corrected chi connectivity index (χ3v) is 9.78. The van der Waals surface area contributed by atoms with Crippen molar-refractivity contribution in [2.24, 2.45) is 5.41 Å². The maximum Gasteiger partial charge on any atom is 0.155 e. The van der Waals surface area contributed by atoms with Crippen molar-refractivity contribution in [3.8, 4) is 5.75 Å². The number of benzene rings is 1. The van der Waals surface area contributed by atoms with Crippen molar-refractivity contribution >= 4 is 38.3 Å². The normalized spacial score (nSPS) is 20.6. The minimum atomic E-state index is -1.17. The lowest BCUT2D eigenvalue weighted by Crippen LogP contribution is -2.48. The molecule has 34 heavy (non-hydrogen) atoms. The monoisotopic (exact) mass is 545 g/mol. The molecule has 0 bridgehead atoms. The quantitative estimate of drug-likeness (QED) is 0.512. The summed E-state index contributed by atoms with van der Waals surface area (Å²) in [6.07, 6.45) is 4.69. The number of methoxy groups -OCH3 is 1. The maximum atomic E-state index is 13.2. The van der Waals surface area contributed by atoms with E-state index in [1.807, 2.05) is 56.6 Å². The van der Waals surface area contributed by atoms with Crippen LogP contribution in [0.2, 0.25) is 0 Å². The van der Waals surface area contributed by atoms with Crippen LogP contribution in [0.15, 0.2) is 35.1 Å². The van der Waals surface area contributed by atoms with E-state index in [1.54, 1.807) is 7.11 Å². The van der Waals surface area contributed by atoms with Crippen LogP contribution in [0.5, 0.6) is 5.75 Å². The summed E-state index contributed by atoms with van der Waals surface area (Å²) in [5.74, 6) is 1.90. The Morgan fingerprint density at radius 2 is 1.97 bits per heavy atom. The summed E-state index contributed by atoms with van der Waals surface area (Å²) in [4.78, 5) is 7.29. The lowest BCUT2D eigenvalue weighted by atomic mass is 9.73. The topological polar surface area (TPSA) is 71.8 Å². The van der Waals surface area contributed by atoms with Crippen molar-refractivity contribution in [2.45, 2.75) is 57.7 Å². The molecular formula is C25H32BrN5O2S.